The van der Waals surface area contributed by atoms with Crippen molar-refractivity contribution in [2.24, 2.45) is 0 Å². The number of hydrogen-bond donors (Lipinski definition) is 2. The lowest BCUT2D eigenvalue weighted by Crippen LogP contribution is -2.29. The van der Waals surface area contributed by atoms with Crippen LogP contribution in [-0.2, 0) is 9.59 Å². The van der Waals surface area contributed by atoms with Crippen LogP contribution in [0.5, 0.6) is 11.5 Å². The number of ether oxygens (including phenoxy) is 1. The topological polar surface area (TPSA) is 122 Å². The summed E-state index contributed by atoms with van der Waals surface area (Å²) in [4.78, 5) is 37.2. The van der Waals surface area contributed by atoms with E-state index in [9.17, 15) is 24.8 Å². The zero-order valence-corrected chi connectivity index (χ0v) is 20.0. The van der Waals surface area contributed by atoms with Gasteiger partial charge < -0.3 is 15.2 Å². The Hall–Kier alpha value is -3.44. The molecule has 0 unspecified atom stereocenters. The molecule has 9 nitrogen and oxygen atoms in total. The van der Waals surface area contributed by atoms with Crippen LogP contribution in [-0.4, -0.2) is 44.7 Å². The van der Waals surface area contributed by atoms with E-state index in [0.717, 1.165) is 23.4 Å². The van der Waals surface area contributed by atoms with E-state index >= 15 is 0 Å². The number of phenolic OH excluding ortho intramolecular Hbond substituents is 1. The summed E-state index contributed by atoms with van der Waals surface area (Å²) < 4.78 is 5.64. The summed E-state index contributed by atoms with van der Waals surface area (Å²) in [5.74, 6) is 0.00446. The molecule has 0 bridgehead atoms. The number of carbonyl (C=O) groups is 2. The molecule has 2 aromatic carbocycles. The Morgan fingerprint density at radius 1 is 1.24 bits per heavy atom. The monoisotopic (exact) mass is 501 g/mol. The van der Waals surface area contributed by atoms with Crippen LogP contribution in [0.1, 0.15) is 31.2 Å². The van der Waals surface area contributed by atoms with E-state index in [1.165, 1.54) is 17.8 Å². The van der Waals surface area contributed by atoms with E-state index in [2.05, 4.69) is 5.32 Å². The number of anilines is 1. The molecule has 3 rings (SSSR count). The van der Waals surface area contributed by atoms with Crippen molar-refractivity contribution in [1.82, 2.24) is 4.90 Å². The number of nitro benzene ring substituents is 1. The minimum absolute atomic E-state index is 0.000383. The van der Waals surface area contributed by atoms with Crippen LogP contribution in [0.15, 0.2) is 47.4 Å². The molecule has 0 spiro atoms. The molecular formula is C23H23N3O6S2. The molecule has 0 saturated carbocycles. The number of rotatable bonds is 10. The van der Waals surface area contributed by atoms with Gasteiger partial charge in [0.05, 0.1) is 22.6 Å². The number of nitrogens with zero attached hydrogens (tertiary/aromatic N) is 2. The third-order valence-corrected chi connectivity index (χ3v) is 6.42. The first-order valence-corrected chi connectivity index (χ1v) is 11.7. The first-order valence-electron chi connectivity index (χ1n) is 10.4. The van der Waals surface area contributed by atoms with Crippen molar-refractivity contribution in [3.05, 3.63) is 63.0 Å². The predicted octanol–water partition coefficient (Wildman–Crippen LogP) is 4.71. The number of nitrogens with one attached hydrogen (secondary N) is 1. The van der Waals surface area contributed by atoms with Gasteiger partial charge in [-0.2, -0.15) is 0 Å². The summed E-state index contributed by atoms with van der Waals surface area (Å²) in [5, 5.41) is 23.1. The number of non-ortho nitro benzene ring substituents is 1. The van der Waals surface area contributed by atoms with Gasteiger partial charge in [-0.15, -0.1) is 0 Å². The molecule has 0 atom stereocenters. The van der Waals surface area contributed by atoms with Crippen LogP contribution in [0.3, 0.4) is 0 Å². The largest absolute Gasteiger partial charge is 0.506 e. The van der Waals surface area contributed by atoms with Gasteiger partial charge in [-0.1, -0.05) is 42.5 Å². The van der Waals surface area contributed by atoms with Gasteiger partial charge in [0, 0.05) is 25.1 Å². The lowest BCUT2D eigenvalue weighted by Gasteiger charge is -2.14. The van der Waals surface area contributed by atoms with Crippen molar-refractivity contribution in [3.63, 3.8) is 0 Å². The lowest BCUT2D eigenvalue weighted by atomic mass is 10.1. The predicted molar refractivity (Wildman–Crippen MR) is 135 cm³/mol. The van der Waals surface area contributed by atoms with Gasteiger partial charge in [-0.3, -0.25) is 24.6 Å². The van der Waals surface area contributed by atoms with E-state index in [0.29, 0.717) is 35.0 Å². The molecule has 0 aromatic heterocycles. The number of aromatic hydroxyl groups is 1. The van der Waals surface area contributed by atoms with Crippen LogP contribution < -0.4 is 10.1 Å². The molecule has 1 fully saturated rings. The van der Waals surface area contributed by atoms with E-state index < -0.39 is 4.92 Å². The van der Waals surface area contributed by atoms with Crippen LogP contribution in [0.2, 0.25) is 0 Å². The van der Waals surface area contributed by atoms with Crippen LogP contribution in [0.25, 0.3) is 6.08 Å². The molecule has 1 heterocycles. The second-order valence-electron chi connectivity index (χ2n) is 7.42. The summed E-state index contributed by atoms with van der Waals surface area (Å²) in [7, 11) is 1.59. The number of thiocarbonyl (C=S) groups is 1. The average molecular weight is 502 g/mol. The maximum absolute atomic E-state index is 12.7. The molecule has 2 aromatic rings. The number of hydrogen-bond acceptors (Lipinski definition) is 8. The highest BCUT2D eigenvalue weighted by Crippen LogP contribution is 2.33. The molecule has 2 N–H and O–H groups in total. The molecule has 178 valence electrons. The summed E-state index contributed by atoms with van der Waals surface area (Å²) in [6, 6.07) is 10.8. The Labute approximate surface area is 205 Å². The summed E-state index contributed by atoms with van der Waals surface area (Å²) in [6.07, 6.45) is 3.88. The minimum atomic E-state index is -0.602. The van der Waals surface area contributed by atoms with E-state index in [-0.39, 0.29) is 35.4 Å². The fraction of sp³-hybridized carbons (Fsp3) is 0.261. The van der Waals surface area contributed by atoms with E-state index in [1.54, 1.807) is 18.1 Å². The Bertz CT molecular complexity index is 1130. The highest BCUT2D eigenvalue weighted by Gasteiger charge is 2.31. The van der Waals surface area contributed by atoms with Crippen molar-refractivity contribution < 1.29 is 24.4 Å². The molecule has 1 saturated heterocycles. The highest BCUT2D eigenvalue weighted by molar-refractivity contribution is 8.26. The third-order valence-electron chi connectivity index (χ3n) is 5.04. The Morgan fingerprint density at radius 3 is 2.65 bits per heavy atom. The standard InChI is InChI=1S/C23H23N3O6S2/c1-32-17-9-6-15(7-10-17)13-20-22(29)25(23(33)34-20)12-4-2-3-5-21(28)24-18-14-16(26(30)31)8-11-19(18)27/h6-11,13-14,27H,2-5,12H2,1H3,(H,24,28)/b20-13-. The van der Waals surface area contributed by atoms with Gasteiger partial charge in [-0.05, 0) is 42.7 Å². The number of benzene rings is 2. The normalized spacial score (nSPS) is 14.5. The summed E-state index contributed by atoms with van der Waals surface area (Å²) >= 11 is 6.62. The number of phenols is 1. The minimum Gasteiger partial charge on any atom is -0.506 e. The molecule has 1 aliphatic rings. The van der Waals surface area contributed by atoms with Gasteiger partial charge in [0.1, 0.15) is 15.8 Å². The van der Waals surface area contributed by atoms with Crippen LogP contribution >= 0.6 is 24.0 Å². The third kappa shape index (κ3) is 6.55. The van der Waals surface area contributed by atoms with Crippen molar-refractivity contribution in [1.29, 1.82) is 0 Å². The van der Waals surface area contributed by atoms with E-state index in [4.69, 9.17) is 17.0 Å². The van der Waals surface area contributed by atoms with Gasteiger partial charge in [-0.25, -0.2) is 0 Å². The quantitative estimate of drug-likeness (QED) is 0.120. The number of amides is 2. The second-order valence-corrected chi connectivity index (χ2v) is 9.10. The van der Waals surface area contributed by atoms with Gasteiger partial charge >= 0.3 is 0 Å². The molecule has 2 amide bonds. The Kier molecular flexibility index (Phi) is 8.61. The average Bonchev–Trinajstić information content (AvgIpc) is 3.07. The molecule has 34 heavy (non-hydrogen) atoms. The van der Waals surface area contributed by atoms with Gasteiger partial charge in [0.15, 0.2) is 0 Å². The van der Waals surface area contributed by atoms with Crippen LogP contribution in [0.4, 0.5) is 11.4 Å². The fourth-order valence-electron chi connectivity index (χ4n) is 3.23. The highest BCUT2D eigenvalue weighted by atomic mass is 32.2. The number of thioether (sulfide) groups is 1. The summed E-state index contributed by atoms with van der Waals surface area (Å²) in [5.41, 5.74) is 0.653. The van der Waals surface area contributed by atoms with Crippen molar-refractivity contribution >= 4 is 57.6 Å². The number of nitro groups is 1. The van der Waals surface area contributed by atoms with E-state index in [1.807, 2.05) is 24.3 Å². The molecule has 1 aliphatic heterocycles. The van der Waals surface area contributed by atoms with Crippen molar-refractivity contribution in [2.45, 2.75) is 25.7 Å². The number of unbranched alkanes of at least 4 members (excludes halogenated alkanes) is 2. The molecule has 11 heteroatoms. The maximum atomic E-state index is 12.7. The van der Waals surface area contributed by atoms with Crippen molar-refractivity contribution in [3.8, 4) is 11.5 Å². The van der Waals surface area contributed by atoms with Gasteiger partial charge in [0.25, 0.3) is 11.6 Å². The Balaban J connectivity index is 1.44. The first-order chi connectivity index (χ1) is 16.3. The molecule has 0 radical (unpaired) electrons. The first kappa shape index (κ1) is 25.2. The second kappa shape index (κ2) is 11.6. The maximum Gasteiger partial charge on any atom is 0.271 e. The lowest BCUT2D eigenvalue weighted by molar-refractivity contribution is -0.384. The zero-order valence-electron chi connectivity index (χ0n) is 18.4. The molecular weight excluding hydrogens is 478 g/mol. The van der Waals surface area contributed by atoms with Crippen LogP contribution in [0, 0.1) is 10.1 Å². The zero-order chi connectivity index (χ0) is 24.7. The number of methoxy groups -OCH3 is 1. The molecule has 0 aliphatic carbocycles. The Morgan fingerprint density at radius 2 is 1.97 bits per heavy atom. The fourth-order valence-corrected chi connectivity index (χ4v) is 4.54. The number of carbonyl (C=O) groups excluding carboxylic acids is 2. The summed E-state index contributed by atoms with van der Waals surface area (Å²) in [6.45, 7) is 0.456. The smallest absolute Gasteiger partial charge is 0.271 e. The SMILES string of the molecule is COc1ccc(/C=C2\SC(=S)N(CCCCCC(=O)Nc3cc([N+](=O)[O-])ccc3O)C2=O)cc1. The van der Waals surface area contributed by atoms with Gasteiger partial charge in [0.2, 0.25) is 5.91 Å². The van der Waals surface area contributed by atoms with Crippen molar-refractivity contribution in [2.75, 3.05) is 19.0 Å².